The number of amides is 1. The molecule has 1 heterocycles. The predicted molar refractivity (Wildman–Crippen MR) is 92.2 cm³/mol. The molecule has 0 radical (unpaired) electrons. The highest BCUT2D eigenvalue weighted by Gasteiger charge is 2.20. The Labute approximate surface area is 143 Å². The Bertz CT molecular complexity index is 889. The van der Waals surface area contributed by atoms with Gasteiger partial charge >= 0.3 is 0 Å². The van der Waals surface area contributed by atoms with Gasteiger partial charge in [-0.25, -0.2) is 0 Å². The van der Waals surface area contributed by atoms with Crippen LogP contribution in [0.3, 0.4) is 0 Å². The van der Waals surface area contributed by atoms with Crippen molar-refractivity contribution >= 4 is 40.0 Å². The van der Waals surface area contributed by atoms with Gasteiger partial charge in [0.15, 0.2) is 0 Å². The van der Waals surface area contributed by atoms with E-state index in [2.05, 4.69) is 4.98 Å². The maximum Gasteiger partial charge on any atom is 0.271 e. The van der Waals surface area contributed by atoms with Crippen molar-refractivity contribution in [1.82, 2.24) is 9.88 Å². The molecule has 1 aromatic heterocycles. The van der Waals surface area contributed by atoms with Crippen LogP contribution in [0.1, 0.15) is 16.1 Å². The first-order chi connectivity index (χ1) is 11.0. The molecule has 2 aromatic carbocycles. The fourth-order valence-corrected chi connectivity index (χ4v) is 2.93. The number of nitrogens with zero attached hydrogens (tertiary/aromatic N) is 1. The van der Waals surface area contributed by atoms with Gasteiger partial charge in [0.25, 0.3) is 5.91 Å². The number of halogens is 2. The van der Waals surface area contributed by atoms with E-state index >= 15 is 0 Å². The highest BCUT2D eigenvalue weighted by molar-refractivity contribution is 6.39. The van der Waals surface area contributed by atoms with Crippen molar-refractivity contribution in [1.29, 1.82) is 0 Å². The number of H-pyrrole nitrogens is 1. The van der Waals surface area contributed by atoms with Crippen LogP contribution in [-0.2, 0) is 6.54 Å². The number of hydrogen-bond donors (Lipinski definition) is 2. The lowest BCUT2D eigenvalue weighted by atomic mass is 10.2. The van der Waals surface area contributed by atoms with Gasteiger partial charge in [-0.3, -0.25) is 4.79 Å². The summed E-state index contributed by atoms with van der Waals surface area (Å²) in [4.78, 5) is 17.2. The molecule has 0 fully saturated rings. The number of fused-ring (bicyclic) bond motifs is 1. The van der Waals surface area contributed by atoms with Gasteiger partial charge in [0.1, 0.15) is 11.4 Å². The molecule has 3 rings (SSSR count). The summed E-state index contributed by atoms with van der Waals surface area (Å²) in [5, 5.41) is 11.1. The standard InChI is InChI=1S/C17H14Cl2N2O2/c1-21(9-10-3-2-4-12(22)7-10)17(23)16-15(19)13-8-11(18)5-6-14(13)20-16/h2-8,20,22H,9H2,1H3. The lowest BCUT2D eigenvalue weighted by Gasteiger charge is -2.17. The van der Waals surface area contributed by atoms with Gasteiger partial charge in [-0.15, -0.1) is 0 Å². The predicted octanol–water partition coefficient (Wildman–Crippen LogP) is 4.45. The third-order valence-corrected chi connectivity index (χ3v) is 4.22. The smallest absolute Gasteiger partial charge is 0.271 e. The van der Waals surface area contributed by atoms with Crippen molar-refractivity contribution in [3.63, 3.8) is 0 Å². The average Bonchev–Trinajstić information content (AvgIpc) is 2.83. The van der Waals surface area contributed by atoms with Crippen molar-refractivity contribution in [3.8, 4) is 5.75 Å². The van der Waals surface area contributed by atoms with Crippen LogP contribution in [0, 0.1) is 0 Å². The molecule has 0 aliphatic carbocycles. The SMILES string of the molecule is CN(Cc1cccc(O)c1)C(=O)c1[nH]c2ccc(Cl)cc2c1Cl. The van der Waals surface area contributed by atoms with Gasteiger partial charge in [-0.1, -0.05) is 35.3 Å². The number of carbonyl (C=O) groups is 1. The maximum absolute atomic E-state index is 12.6. The highest BCUT2D eigenvalue weighted by atomic mass is 35.5. The van der Waals surface area contributed by atoms with E-state index in [0.29, 0.717) is 27.7 Å². The minimum absolute atomic E-state index is 0.168. The molecule has 118 valence electrons. The summed E-state index contributed by atoms with van der Waals surface area (Å²) in [5.41, 5.74) is 1.91. The largest absolute Gasteiger partial charge is 0.508 e. The molecule has 0 spiro atoms. The fourth-order valence-electron chi connectivity index (χ4n) is 2.47. The van der Waals surface area contributed by atoms with Gasteiger partial charge in [-0.05, 0) is 35.9 Å². The van der Waals surface area contributed by atoms with Crippen molar-refractivity contribution in [2.45, 2.75) is 6.54 Å². The summed E-state index contributed by atoms with van der Waals surface area (Å²) in [5.74, 6) is -0.0627. The summed E-state index contributed by atoms with van der Waals surface area (Å²) < 4.78 is 0. The first-order valence-corrected chi connectivity index (χ1v) is 7.71. The van der Waals surface area contributed by atoms with Crippen molar-refractivity contribution < 1.29 is 9.90 Å². The van der Waals surface area contributed by atoms with E-state index in [1.165, 1.54) is 4.90 Å². The lowest BCUT2D eigenvalue weighted by Crippen LogP contribution is -2.26. The van der Waals surface area contributed by atoms with Gasteiger partial charge in [0.2, 0.25) is 0 Å². The van der Waals surface area contributed by atoms with E-state index in [9.17, 15) is 9.90 Å². The number of aromatic hydroxyl groups is 1. The zero-order chi connectivity index (χ0) is 16.6. The fraction of sp³-hybridized carbons (Fsp3) is 0.118. The van der Waals surface area contributed by atoms with Gasteiger partial charge < -0.3 is 15.0 Å². The Morgan fingerprint density at radius 1 is 1.22 bits per heavy atom. The topological polar surface area (TPSA) is 56.3 Å². The van der Waals surface area contributed by atoms with E-state index in [4.69, 9.17) is 23.2 Å². The minimum atomic E-state index is -0.231. The van der Waals surface area contributed by atoms with Crippen LogP contribution in [0.25, 0.3) is 10.9 Å². The van der Waals surface area contributed by atoms with Crippen LogP contribution in [0.2, 0.25) is 10.0 Å². The summed E-state index contributed by atoms with van der Waals surface area (Å²) in [7, 11) is 1.68. The monoisotopic (exact) mass is 348 g/mol. The number of rotatable bonds is 3. The summed E-state index contributed by atoms with van der Waals surface area (Å²) in [6, 6.07) is 12.0. The summed E-state index contributed by atoms with van der Waals surface area (Å²) >= 11 is 12.3. The van der Waals surface area contributed by atoms with Crippen LogP contribution in [0.15, 0.2) is 42.5 Å². The highest BCUT2D eigenvalue weighted by Crippen LogP contribution is 2.30. The molecule has 3 aromatic rings. The van der Waals surface area contributed by atoms with Gasteiger partial charge in [0, 0.05) is 29.5 Å². The molecular formula is C17H14Cl2N2O2. The normalized spacial score (nSPS) is 10.9. The molecule has 2 N–H and O–H groups in total. The molecule has 0 bridgehead atoms. The maximum atomic E-state index is 12.6. The number of hydrogen-bond acceptors (Lipinski definition) is 2. The van der Waals surface area contributed by atoms with E-state index in [0.717, 1.165) is 11.1 Å². The van der Waals surface area contributed by atoms with Crippen molar-refractivity contribution in [2.24, 2.45) is 0 Å². The first kappa shape index (κ1) is 15.7. The molecule has 0 aliphatic rings. The Kier molecular flexibility index (Phi) is 4.20. The molecule has 0 saturated heterocycles. The molecule has 0 saturated carbocycles. The van der Waals surface area contributed by atoms with Gasteiger partial charge in [-0.2, -0.15) is 0 Å². The van der Waals surface area contributed by atoms with E-state index in [-0.39, 0.29) is 11.7 Å². The number of aromatic amines is 1. The number of phenolic OH excluding ortho intramolecular Hbond substituents is 1. The van der Waals surface area contributed by atoms with E-state index < -0.39 is 0 Å². The Hall–Kier alpha value is -2.17. The Morgan fingerprint density at radius 3 is 2.74 bits per heavy atom. The van der Waals surface area contributed by atoms with Crippen LogP contribution in [0.5, 0.6) is 5.75 Å². The molecule has 0 aliphatic heterocycles. The minimum Gasteiger partial charge on any atom is -0.508 e. The third kappa shape index (κ3) is 3.14. The van der Waals surface area contributed by atoms with Crippen LogP contribution in [-0.4, -0.2) is 27.9 Å². The molecule has 23 heavy (non-hydrogen) atoms. The quantitative estimate of drug-likeness (QED) is 0.734. The molecule has 1 amide bonds. The van der Waals surface area contributed by atoms with E-state index in [1.807, 2.05) is 6.07 Å². The van der Waals surface area contributed by atoms with Crippen molar-refractivity contribution in [3.05, 3.63) is 63.8 Å². The number of aromatic nitrogens is 1. The Balaban J connectivity index is 1.89. The summed E-state index contributed by atoms with van der Waals surface area (Å²) in [6.45, 7) is 0.361. The summed E-state index contributed by atoms with van der Waals surface area (Å²) in [6.07, 6.45) is 0. The third-order valence-electron chi connectivity index (χ3n) is 3.59. The van der Waals surface area contributed by atoms with E-state index in [1.54, 1.807) is 43.4 Å². The van der Waals surface area contributed by atoms with Crippen LogP contribution < -0.4 is 0 Å². The van der Waals surface area contributed by atoms with Gasteiger partial charge in [0.05, 0.1) is 5.02 Å². The second kappa shape index (κ2) is 6.14. The first-order valence-electron chi connectivity index (χ1n) is 6.96. The van der Waals surface area contributed by atoms with Crippen molar-refractivity contribution in [2.75, 3.05) is 7.05 Å². The van der Waals surface area contributed by atoms with Crippen LogP contribution in [0.4, 0.5) is 0 Å². The number of benzene rings is 2. The van der Waals surface area contributed by atoms with Crippen LogP contribution >= 0.6 is 23.2 Å². The second-order valence-electron chi connectivity index (χ2n) is 5.34. The Morgan fingerprint density at radius 2 is 2.00 bits per heavy atom. The molecule has 6 heteroatoms. The lowest BCUT2D eigenvalue weighted by molar-refractivity contribution is 0.0780. The molecule has 0 atom stereocenters. The molecular weight excluding hydrogens is 335 g/mol. The number of carbonyl (C=O) groups excluding carboxylic acids is 1. The zero-order valence-corrected chi connectivity index (χ0v) is 13.8. The average molecular weight is 349 g/mol. The number of phenols is 1. The molecule has 4 nitrogen and oxygen atoms in total. The second-order valence-corrected chi connectivity index (χ2v) is 6.15. The number of nitrogens with one attached hydrogen (secondary N) is 1. The molecule has 0 unspecified atom stereocenters. The zero-order valence-electron chi connectivity index (χ0n) is 12.3.